The average Bonchev–Trinajstić information content (AvgIpc) is 2.54. The molecule has 0 radical (unpaired) electrons. The molecule has 1 heterocycles. The number of hydrogen-bond donors (Lipinski definition) is 0. The van der Waals surface area contributed by atoms with Gasteiger partial charge in [-0.1, -0.05) is 18.2 Å². The topological polar surface area (TPSA) is 32.6 Å². The fraction of sp³-hybridized carbons (Fsp3) is 0.118. The van der Waals surface area contributed by atoms with Crippen molar-refractivity contribution in [1.29, 1.82) is 0 Å². The number of rotatable bonds is 3. The highest BCUT2D eigenvalue weighted by molar-refractivity contribution is 5.85. The van der Waals surface area contributed by atoms with E-state index in [1.165, 1.54) is 0 Å². The van der Waals surface area contributed by atoms with Crippen molar-refractivity contribution in [2.24, 2.45) is 0 Å². The number of benzene rings is 2. The summed E-state index contributed by atoms with van der Waals surface area (Å²) in [6, 6.07) is 18.1. The molecule has 3 rings (SSSR count). The van der Waals surface area contributed by atoms with Crippen LogP contribution in [-0.4, -0.2) is 14.2 Å². The third kappa shape index (κ3) is 2.18. The smallest absolute Gasteiger partial charge is 0.218 e. The summed E-state index contributed by atoms with van der Waals surface area (Å²) in [5.74, 6) is 1.67. The number of hydrogen-bond acceptors (Lipinski definition) is 2. The van der Waals surface area contributed by atoms with Gasteiger partial charge in [0.05, 0.1) is 31.7 Å². The van der Waals surface area contributed by atoms with E-state index in [4.69, 9.17) is 9.47 Å². The lowest BCUT2D eigenvalue weighted by Gasteiger charge is -2.05. The summed E-state index contributed by atoms with van der Waals surface area (Å²) in [5.41, 5.74) is 3.13. The van der Waals surface area contributed by atoms with E-state index in [0.29, 0.717) is 0 Å². The Kier molecular flexibility index (Phi) is 3.25. The minimum Gasteiger partial charge on any atom is -0.497 e. The molecule has 2 aromatic carbocycles. The molecule has 0 fully saturated rings. The van der Waals surface area contributed by atoms with E-state index in [0.717, 1.165) is 33.7 Å². The second-order valence-electron chi connectivity index (χ2n) is 4.53. The second-order valence-corrected chi connectivity index (χ2v) is 4.53. The molecule has 0 atom stereocenters. The average molecular weight is 266 g/mol. The van der Waals surface area contributed by atoms with Crippen LogP contribution in [0.5, 0.6) is 11.5 Å². The molecule has 0 bridgehead atoms. The molecule has 3 aromatic rings. The number of methoxy groups -OCH3 is 2. The molecule has 0 amide bonds. The van der Waals surface area contributed by atoms with Crippen LogP contribution in [0.1, 0.15) is 0 Å². The minimum absolute atomic E-state index is 0.820. The van der Waals surface area contributed by atoms with Gasteiger partial charge in [0.1, 0.15) is 11.5 Å². The number of pyridine rings is 1. The molecule has 0 saturated heterocycles. The van der Waals surface area contributed by atoms with Crippen molar-refractivity contribution < 1.29 is 14.5 Å². The number of nitrogens with one attached hydrogen (secondary N) is 1. The van der Waals surface area contributed by atoms with Crippen LogP contribution in [0.4, 0.5) is 0 Å². The van der Waals surface area contributed by atoms with Crippen LogP contribution in [0.3, 0.4) is 0 Å². The molecule has 0 aliphatic heterocycles. The third-order valence-electron chi connectivity index (χ3n) is 3.34. The number of fused-ring (bicyclic) bond motifs is 1. The van der Waals surface area contributed by atoms with Gasteiger partial charge < -0.3 is 9.47 Å². The number of H-pyrrole nitrogens is 1. The monoisotopic (exact) mass is 266 g/mol. The molecule has 0 saturated carbocycles. The maximum absolute atomic E-state index is 5.50. The SMILES string of the molecule is COc1ccc2c(OC)cc(-c3ccccc3)[nH+]c2c1. The molecule has 20 heavy (non-hydrogen) atoms. The Bertz CT molecular complexity index is 739. The second kappa shape index (κ2) is 5.21. The van der Waals surface area contributed by atoms with Gasteiger partial charge in [-0.05, 0) is 24.3 Å². The standard InChI is InChI=1S/C17H15NO2/c1-19-13-8-9-14-16(10-13)18-15(11-17(14)20-2)12-6-4-3-5-7-12/h3-11H,1-2H3/p+1. The Balaban J connectivity index is 2.24. The Morgan fingerprint density at radius 2 is 1.65 bits per heavy atom. The van der Waals surface area contributed by atoms with E-state index in [-0.39, 0.29) is 0 Å². The molecule has 3 heteroatoms. The zero-order chi connectivity index (χ0) is 13.9. The minimum atomic E-state index is 0.820. The van der Waals surface area contributed by atoms with E-state index in [1.807, 2.05) is 42.5 Å². The van der Waals surface area contributed by atoms with Crippen molar-refractivity contribution in [3.8, 4) is 22.8 Å². The van der Waals surface area contributed by atoms with Crippen LogP contribution >= 0.6 is 0 Å². The van der Waals surface area contributed by atoms with Crippen molar-refractivity contribution in [3.63, 3.8) is 0 Å². The van der Waals surface area contributed by atoms with E-state index in [2.05, 4.69) is 17.1 Å². The van der Waals surface area contributed by atoms with Crippen molar-refractivity contribution in [1.82, 2.24) is 0 Å². The Hall–Kier alpha value is -2.55. The summed E-state index contributed by atoms with van der Waals surface area (Å²) in [7, 11) is 3.35. The fourth-order valence-electron chi connectivity index (χ4n) is 2.30. The van der Waals surface area contributed by atoms with E-state index >= 15 is 0 Å². The summed E-state index contributed by atoms with van der Waals surface area (Å²) in [4.78, 5) is 3.43. The van der Waals surface area contributed by atoms with Crippen LogP contribution in [0, 0.1) is 0 Å². The van der Waals surface area contributed by atoms with E-state index in [9.17, 15) is 0 Å². The van der Waals surface area contributed by atoms with Gasteiger partial charge in [0.15, 0.2) is 0 Å². The van der Waals surface area contributed by atoms with Crippen molar-refractivity contribution in [3.05, 3.63) is 54.6 Å². The molecule has 1 N–H and O–H groups in total. The largest absolute Gasteiger partial charge is 0.497 e. The van der Waals surface area contributed by atoms with Crippen molar-refractivity contribution in [2.45, 2.75) is 0 Å². The molecule has 1 aromatic heterocycles. The van der Waals surface area contributed by atoms with Gasteiger partial charge >= 0.3 is 0 Å². The molecule has 3 nitrogen and oxygen atoms in total. The van der Waals surface area contributed by atoms with Crippen molar-refractivity contribution >= 4 is 10.9 Å². The molecule has 0 aliphatic carbocycles. The molecular weight excluding hydrogens is 250 g/mol. The van der Waals surface area contributed by atoms with Gasteiger partial charge in [-0.2, -0.15) is 0 Å². The molecule has 0 unspecified atom stereocenters. The highest BCUT2D eigenvalue weighted by Crippen LogP contribution is 2.29. The Morgan fingerprint density at radius 1 is 0.850 bits per heavy atom. The van der Waals surface area contributed by atoms with Crippen LogP contribution in [0.15, 0.2) is 54.6 Å². The predicted molar refractivity (Wildman–Crippen MR) is 79.0 cm³/mol. The summed E-state index contributed by atoms with van der Waals surface area (Å²) < 4.78 is 10.8. The summed E-state index contributed by atoms with van der Waals surface area (Å²) in [6.45, 7) is 0. The maximum atomic E-state index is 5.50. The van der Waals surface area contributed by atoms with Crippen molar-refractivity contribution in [2.75, 3.05) is 14.2 Å². The van der Waals surface area contributed by atoms with Gasteiger partial charge in [-0.3, -0.25) is 0 Å². The first-order valence-electron chi connectivity index (χ1n) is 6.45. The maximum Gasteiger partial charge on any atom is 0.218 e. The zero-order valence-electron chi connectivity index (χ0n) is 11.5. The third-order valence-corrected chi connectivity index (χ3v) is 3.34. The van der Waals surface area contributed by atoms with Gasteiger partial charge in [-0.25, -0.2) is 4.98 Å². The van der Waals surface area contributed by atoms with E-state index < -0.39 is 0 Å². The van der Waals surface area contributed by atoms with Crippen LogP contribution < -0.4 is 14.5 Å². The lowest BCUT2D eigenvalue weighted by atomic mass is 10.1. The van der Waals surface area contributed by atoms with E-state index in [1.54, 1.807) is 14.2 Å². The molecule has 0 aliphatic rings. The fourth-order valence-corrected chi connectivity index (χ4v) is 2.30. The van der Waals surface area contributed by atoms with Gasteiger partial charge in [0.25, 0.3) is 0 Å². The first-order valence-corrected chi connectivity index (χ1v) is 6.45. The zero-order valence-corrected chi connectivity index (χ0v) is 11.5. The van der Waals surface area contributed by atoms with Gasteiger partial charge in [0, 0.05) is 5.56 Å². The first kappa shape index (κ1) is 12.5. The highest BCUT2D eigenvalue weighted by Gasteiger charge is 2.14. The van der Waals surface area contributed by atoms with Crippen LogP contribution in [0.25, 0.3) is 22.2 Å². The molecule has 0 spiro atoms. The Labute approximate surface area is 117 Å². The number of aromatic nitrogens is 1. The van der Waals surface area contributed by atoms with Gasteiger partial charge in [-0.15, -0.1) is 0 Å². The summed E-state index contributed by atoms with van der Waals surface area (Å²) >= 11 is 0. The quantitative estimate of drug-likeness (QED) is 0.728. The van der Waals surface area contributed by atoms with Gasteiger partial charge in [0.2, 0.25) is 11.2 Å². The summed E-state index contributed by atoms with van der Waals surface area (Å²) in [5, 5.41) is 1.04. The number of ether oxygens (including phenoxy) is 2. The highest BCUT2D eigenvalue weighted by atomic mass is 16.5. The van der Waals surface area contributed by atoms with Crippen LogP contribution in [0.2, 0.25) is 0 Å². The lowest BCUT2D eigenvalue weighted by molar-refractivity contribution is -0.331. The summed E-state index contributed by atoms with van der Waals surface area (Å²) in [6.07, 6.45) is 0. The lowest BCUT2D eigenvalue weighted by Crippen LogP contribution is -2.09. The first-order chi connectivity index (χ1) is 9.81. The normalized spacial score (nSPS) is 10.5. The Morgan fingerprint density at radius 3 is 2.35 bits per heavy atom. The van der Waals surface area contributed by atoms with Crippen LogP contribution in [-0.2, 0) is 0 Å². The molecule has 100 valence electrons. The number of aromatic amines is 1. The predicted octanol–water partition coefficient (Wildman–Crippen LogP) is 3.34. The molecular formula is C17H16NO2+.